The van der Waals surface area contributed by atoms with Crippen molar-refractivity contribution < 1.29 is 9.59 Å². The van der Waals surface area contributed by atoms with Gasteiger partial charge in [-0.3, -0.25) is 9.59 Å². The largest absolute Gasteiger partial charge is 0.395 e. The zero-order valence-electron chi connectivity index (χ0n) is 8.53. The van der Waals surface area contributed by atoms with Gasteiger partial charge in [0.2, 0.25) is 11.6 Å². The molecule has 0 unspecified atom stereocenters. The Balaban J connectivity index is 2.18. The van der Waals surface area contributed by atoms with Crippen LogP contribution in [0.1, 0.15) is 19.3 Å². The third kappa shape index (κ3) is 1.93. The molecule has 1 fully saturated rings. The van der Waals surface area contributed by atoms with E-state index in [0.717, 1.165) is 25.9 Å². The summed E-state index contributed by atoms with van der Waals surface area (Å²) in [6, 6.07) is 0. The highest BCUT2D eigenvalue weighted by Gasteiger charge is 2.23. The van der Waals surface area contributed by atoms with Gasteiger partial charge in [-0.05, 0) is 19.3 Å². The van der Waals surface area contributed by atoms with Gasteiger partial charge in [0.1, 0.15) is 0 Å². The van der Waals surface area contributed by atoms with Crippen LogP contribution in [0, 0.1) is 0 Å². The van der Waals surface area contributed by atoms with Crippen molar-refractivity contribution in [3.05, 3.63) is 23.5 Å². The zero-order valence-corrected chi connectivity index (χ0v) is 8.53. The summed E-state index contributed by atoms with van der Waals surface area (Å²) >= 11 is 0. The van der Waals surface area contributed by atoms with Gasteiger partial charge in [0.25, 0.3) is 0 Å². The molecule has 15 heavy (non-hydrogen) atoms. The van der Waals surface area contributed by atoms with Crippen LogP contribution in [0.5, 0.6) is 0 Å². The Labute approximate surface area is 88.4 Å². The fraction of sp³-hybridized carbons (Fsp3) is 0.455. The van der Waals surface area contributed by atoms with Gasteiger partial charge in [-0.2, -0.15) is 0 Å². The molecule has 1 heterocycles. The minimum atomic E-state index is -0.254. The molecule has 1 aliphatic carbocycles. The monoisotopic (exact) mass is 206 g/mol. The van der Waals surface area contributed by atoms with Crippen LogP contribution >= 0.6 is 0 Å². The highest BCUT2D eigenvalue weighted by Crippen LogP contribution is 2.18. The third-order valence-corrected chi connectivity index (χ3v) is 2.79. The maximum Gasteiger partial charge on any atom is 0.204 e. The Kier molecular flexibility index (Phi) is 2.58. The summed E-state index contributed by atoms with van der Waals surface area (Å²) < 4.78 is 0. The average Bonchev–Trinajstić information content (AvgIpc) is 2.25. The number of carbonyl (C=O) groups excluding carboxylic acids is 2. The molecule has 2 N–H and O–H groups in total. The quantitative estimate of drug-likeness (QED) is 0.629. The van der Waals surface area contributed by atoms with Crippen LogP contribution in [0.2, 0.25) is 0 Å². The summed E-state index contributed by atoms with van der Waals surface area (Å²) in [6.45, 7) is 1.72. The summed E-state index contributed by atoms with van der Waals surface area (Å²) in [5.74, 6) is -0.399. The first-order valence-corrected chi connectivity index (χ1v) is 5.21. The molecular weight excluding hydrogens is 192 g/mol. The van der Waals surface area contributed by atoms with Gasteiger partial charge in [0, 0.05) is 25.2 Å². The van der Waals surface area contributed by atoms with E-state index in [0.29, 0.717) is 5.70 Å². The van der Waals surface area contributed by atoms with E-state index >= 15 is 0 Å². The molecule has 4 nitrogen and oxygen atoms in total. The van der Waals surface area contributed by atoms with Crippen LogP contribution in [0.25, 0.3) is 0 Å². The van der Waals surface area contributed by atoms with Crippen LogP contribution in [0.15, 0.2) is 23.5 Å². The highest BCUT2D eigenvalue weighted by atomic mass is 16.1. The van der Waals surface area contributed by atoms with E-state index in [1.165, 1.54) is 18.6 Å². The van der Waals surface area contributed by atoms with Gasteiger partial charge in [-0.15, -0.1) is 0 Å². The molecule has 0 amide bonds. The molecule has 0 radical (unpaired) electrons. The van der Waals surface area contributed by atoms with Crippen LogP contribution < -0.4 is 5.73 Å². The van der Waals surface area contributed by atoms with Crippen molar-refractivity contribution in [1.29, 1.82) is 0 Å². The van der Waals surface area contributed by atoms with E-state index in [1.807, 2.05) is 4.90 Å². The normalized spacial score (nSPS) is 22.5. The van der Waals surface area contributed by atoms with E-state index in [4.69, 9.17) is 5.73 Å². The Morgan fingerprint density at radius 3 is 2.33 bits per heavy atom. The van der Waals surface area contributed by atoms with Crippen molar-refractivity contribution in [1.82, 2.24) is 4.90 Å². The van der Waals surface area contributed by atoms with Crippen molar-refractivity contribution in [2.45, 2.75) is 19.3 Å². The maximum absolute atomic E-state index is 11.6. The van der Waals surface area contributed by atoms with Gasteiger partial charge < -0.3 is 10.6 Å². The Bertz CT molecular complexity index is 363. The number of piperidine rings is 1. The number of nitrogens with zero attached hydrogens (tertiary/aromatic N) is 1. The number of carbonyl (C=O) groups is 2. The number of likely N-dealkylation sites (tertiary alicyclic amines) is 1. The van der Waals surface area contributed by atoms with Gasteiger partial charge in [-0.25, -0.2) is 0 Å². The zero-order chi connectivity index (χ0) is 10.8. The second-order valence-electron chi connectivity index (χ2n) is 3.91. The van der Waals surface area contributed by atoms with E-state index in [2.05, 4.69) is 0 Å². The molecule has 0 aromatic rings. The first-order valence-electron chi connectivity index (χ1n) is 5.21. The van der Waals surface area contributed by atoms with Gasteiger partial charge >= 0.3 is 0 Å². The lowest BCUT2D eigenvalue weighted by Gasteiger charge is -2.30. The SMILES string of the molecule is NC1=CC(=O)C(N2CCCCC2)=CC1=O. The molecule has 0 aromatic carbocycles. The van der Waals surface area contributed by atoms with Crippen LogP contribution in [-0.4, -0.2) is 29.6 Å². The fourth-order valence-corrected chi connectivity index (χ4v) is 1.95. The highest BCUT2D eigenvalue weighted by molar-refractivity contribution is 6.19. The van der Waals surface area contributed by atoms with Gasteiger partial charge in [0.05, 0.1) is 11.4 Å². The van der Waals surface area contributed by atoms with E-state index in [9.17, 15) is 9.59 Å². The lowest BCUT2D eigenvalue weighted by molar-refractivity contribution is -0.116. The molecular formula is C11H14N2O2. The van der Waals surface area contributed by atoms with Gasteiger partial charge in [-0.1, -0.05) is 0 Å². The van der Waals surface area contributed by atoms with Crippen molar-refractivity contribution in [3.8, 4) is 0 Å². The maximum atomic E-state index is 11.6. The van der Waals surface area contributed by atoms with Crippen molar-refractivity contribution in [3.63, 3.8) is 0 Å². The number of ketones is 2. The van der Waals surface area contributed by atoms with E-state index in [-0.39, 0.29) is 17.3 Å². The standard InChI is InChI=1S/C11H14N2O2/c12-8-6-11(15)9(7-10(8)14)13-4-2-1-3-5-13/h6-7H,1-5,12H2. The molecule has 1 saturated heterocycles. The first kappa shape index (κ1) is 9.96. The average molecular weight is 206 g/mol. The number of hydrogen-bond donors (Lipinski definition) is 1. The summed E-state index contributed by atoms with van der Waals surface area (Å²) in [7, 11) is 0. The smallest absolute Gasteiger partial charge is 0.204 e. The molecule has 0 saturated carbocycles. The van der Waals surface area contributed by atoms with Crippen LogP contribution in [-0.2, 0) is 9.59 Å². The first-order chi connectivity index (χ1) is 7.18. The summed E-state index contributed by atoms with van der Waals surface area (Å²) in [5, 5.41) is 0. The molecule has 0 spiro atoms. The van der Waals surface area contributed by atoms with Crippen molar-refractivity contribution >= 4 is 11.6 Å². The lowest BCUT2D eigenvalue weighted by atomic mass is 10.0. The third-order valence-electron chi connectivity index (χ3n) is 2.79. The number of hydrogen-bond acceptors (Lipinski definition) is 4. The molecule has 0 aromatic heterocycles. The molecule has 2 rings (SSSR count). The number of rotatable bonds is 1. The topological polar surface area (TPSA) is 63.4 Å². The Morgan fingerprint density at radius 1 is 1.00 bits per heavy atom. The number of allylic oxidation sites excluding steroid dienone is 2. The molecule has 4 heteroatoms. The summed E-state index contributed by atoms with van der Waals surface area (Å²) in [6.07, 6.45) is 5.95. The van der Waals surface area contributed by atoms with Gasteiger partial charge in [0.15, 0.2) is 0 Å². The molecule has 80 valence electrons. The lowest BCUT2D eigenvalue weighted by Crippen LogP contribution is -2.34. The summed E-state index contributed by atoms with van der Waals surface area (Å²) in [5.41, 5.74) is 5.94. The second kappa shape index (κ2) is 3.88. The van der Waals surface area contributed by atoms with Crippen molar-refractivity contribution in [2.75, 3.05) is 13.1 Å². The minimum absolute atomic E-state index is 0.0424. The second-order valence-corrected chi connectivity index (χ2v) is 3.91. The van der Waals surface area contributed by atoms with E-state index < -0.39 is 0 Å². The molecule has 1 aliphatic heterocycles. The van der Waals surface area contributed by atoms with Crippen LogP contribution in [0.4, 0.5) is 0 Å². The molecule has 0 atom stereocenters. The van der Waals surface area contributed by atoms with Crippen molar-refractivity contribution in [2.24, 2.45) is 5.73 Å². The molecule has 0 bridgehead atoms. The number of nitrogens with two attached hydrogens (primary N) is 1. The molecule has 2 aliphatic rings. The Hall–Kier alpha value is -1.58. The minimum Gasteiger partial charge on any atom is -0.395 e. The summed E-state index contributed by atoms with van der Waals surface area (Å²) in [4.78, 5) is 25.0. The Morgan fingerprint density at radius 2 is 1.67 bits per heavy atom. The predicted molar refractivity (Wildman–Crippen MR) is 55.8 cm³/mol. The fourth-order valence-electron chi connectivity index (χ4n) is 1.95. The van der Waals surface area contributed by atoms with E-state index in [1.54, 1.807) is 0 Å². The predicted octanol–water partition coefficient (Wildman–Crippen LogP) is 0.351. The van der Waals surface area contributed by atoms with Crippen LogP contribution in [0.3, 0.4) is 0 Å².